The quantitative estimate of drug-likeness (QED) is 0.657. The van der Waals surface area contributed by atoms with Crippen LogP contribution in [-0.4, -0.2) is 74.0 Å². The summed E-state index contributed by atoms with van der Waals surface area (Å²) in [6, 6.07) is 4.07. The first-order chi connectivity index (χ1) is 13.2. The molecule has 2 amide bonds. The topological polar surface area (TPSA) is 80.2 Å². The van der Waals surface area contributed by atoms with Crippen molar-refractivity contribution in [2.45, 2.75) is 26.0 Å². The van der Waals surface area contributed by atoms with Crippen LogP contribution in [0.15, 0.2) is 12.1 Å². The highest BCUT2D eigenvalue weighted by Gasteiger charge is 2.30. The van der Waals surface area contributed by atoms with Gasteiger partial charge in [-0.3, -0.25) is 14.4 Å². The average Bonchev–Trinajstić information content (AvgIpc) is 2.63. The van der Waals surface area contributed by atoms with Crippen LogP contribution < -0.4 is 10.2 Å². The Balaban J connectivity index is 1.87. The molecule has 154 valence electrons. The number of rotatable bonds is 6. The van der Waals surface area contributed by atoms with Gasteiger partial charge < -0.3 is 19.9 Å². The normalized spacial score (nSPS) is 17.8. The first-order valence-electron chi connectivity index (χ1n) is 9.37. The molecule has 2 atom stereocenters. The van der Waals surface area contributed by atoms with E-state index in [2.05, 4.69) is 5.32 Å². The molecule has 2 N–H and O–H groups in total. The number of likely N-dealkylation sites (N-methyl/N-ethyl adjacent to an activating group) is 1. The van der Waals surface area contributed by atoms with Crippen molar-refractivity contribution >= 4 is 35.2 Å². The molecule has 0 aliphatic carbocycles. The van der Waals surface area contributed by atoms with Crippen molar-refractivity contribution in [1.82, 2.24) is 4.90 Å². The van der Waals surface area contributed by atoms with Gasteiger partial charge in [0.1, 0.15) is 5.25 Å². The minimum Gasteiger partial charge on any atom is -0.468 e. The molecule has 8 heteroatoms. The molecule has 1 heterocycles. The number of hydrogen-bond donors (Lipinski definition) is 2. The van der Waals surface area contributed by atoms with Crippen molar-refractivity contribution in [2.75, 3.05) is 51.4 Å². The van der Waals surface area contributed by atoms with E-state index >= 15 is 0 Å². The molecule has 7 nitrogen and oxygen atoms in total. The maximum Gasteiger partial charge on any atom is 0.320 e. The van der Waals surface area contributed by atoms with Gasteiger partial charge >= 0.3 is 5.97 Å². The van der Waals surface area contributed by atoms with Gasteiger partial charge in [-0.2, -0.15) is 0 Å². The molecular formula is C20H30N3O4S+. The van der Waals surface area contributed by atoms with Crippen molar-refractivity contribution in [3.8, 4) is 0 Å². The second kappa shape index (κ2) is 9.93. The molecule has 0 saturated carbocycles. The molecule has 0 spiro atoms. The van der Waals surface area contributed by atoms with Gasteiger partial charge in [0, 0.05) is 24.5 Å². The van der Waals surface area contributed by atoms with Crippen LogP contribution in [-0.2, 0) is 19.1 Å². The number of hydrogen-bond acceptors (Lipinski definition) is 5. The molecule has 28 heavy (non-hydrogen) atoms. The average molecular weight is 409 g/mol. The zero-order valence-electron chi connectivity index (χ0n) is 17.3. The third kappa shape index (κ3) is 5.97. The number of benzene rings is 1. The van der Waals surface area contributed by atoms with Crippen molar-refractivity contribution in [1.29, 1.82) is 0 Å². The number of anilines is 1. The summed E-state index contributed by atoms with van der Waals surface area (Å²) >= 11 is 1.51. The zero-order chi connectivity index (χ0) is 20.8. The number of esters is 1. The molecule has 2 rings (SSSR count). The van der Waals surface area contributed by atoms with E-state index in [4.69, 9.17) is 4.74 Å². The molecule has 0 bridgehead atoms. The zero-order valence-corrected chi connectivity index (χ0v) is 18.1. The van der Waals surface area contributed by atoms with Gasteiger partial charge in [0.2, 0.25) is 0 Å². The van der Waals surface area contributed by atoms with Crippen LogP contribution in [0.4, 0.5) is 5.69 Å². The Morgan fingerprint density at radius 2 is 1.86 bits per heavy atom. The number of carbonyl (C=O) groups excluding carboxylic acids is 3. The number of aryl methyl sites for hydroxylation is 3. The number of thioether (sulfide) groups is 1. The van der Waals surface area contributed by atoms with Crippen molar-refractivity contribution in [3.05, 3.63) is 28.8 Å². The number of ether oxygens (including phenoxy) is 1. The summed E-state index contributed by atoms with van der Waals surface area (Å²) in [5, 5.41) is 2.64. The van der Waals surface area contributed by atoms with Gasteiger partial charge in [-0.05, 0) is 31.9 Å². The summed E-state index contributed by atoms with van der Waals surface area (Å²) in [4.78, 5) is 39.2. The molecule has 1 saturated heterocycles. The van der Waals surface area contributed by atoms with Crippen molar-refractivity contribution in [2.24, 2.45) is 0 Å². The number of methoxy groups -OCH3 is 1. The number of amides is 2. The lowest BCUT2D eigenvalue weighted by atomic mass is 10.1. The van der Waals surface area contributed by atoms with E-state index < -0.39 is 0 Å². The van der Waals surface area contributed by atoms with E-state index in [1.807, 2.05) is 40.0 Å². The lowest BCUT2D eigenvalue weighted by Gasteiger charge is -2.31. The van der Waals surface area contributed by atoms with E-state index in [1.165, 1.54) is 18.9 Å². The summed E-state index contributed by atoms with van der Waals surface area (Å²) in [7, 11) is 3.18. The lowest BCUT2D eigenvalue weighted by molar-refractivity contribution is -0.862. The number of carbonyl (C=O) groups is 3. The standard InChI is InChI=1S/C20H29N3O4S/c1-13-8-14(2)19(15(3)9-13)21-17(24)11-22(4)12-18(25)23-6-7-28-16(10-23)20(26)27-5/h8-9,16H,6-7,10-12H2,1-5H3,(H,21,24)/p+1/t16-/m1/s1. The second-order valence-corrected chi connectivity index (χ2v) is 8.67. The van der Waals surface area contributed by atoms with Gasteiger partial charge in [0.25, 0.3) is 11.8 Å². The second-order valence-electron chi connectivity index (χ2n) is 7.35. The number of nitrogens with one attached hydrogen (secondary N) is 2. The molecule has 1 unspecified atom stereocenters. The fraction of sp³-hybridized carbons (Fsp3) is 0.550. The third-order valence-corrected chi connectivity index (χ3v) is 5.90. The van der Waals surface area contributed by atoms with Crippen LogP contribution in [0.2, 0.25) is 0 Å². The maximum atomic E-state index is 12.6. The summed E-state index contributed by atoms with van der Waals surface area (Å²) in [5.41, 5.74) is 4.05. The fourth-order valence-electron chi connectivity index (χ4n) is 3.42. The Labute approximate surface area is 170 Å². The molecule has 1 aromatic carbocycles. The Hall–Kier alpha value is -2.06. The van der Waals surface area contributed by atoms with Crippen molar-refractivity contribution < 1.29 is 24.0 Å². The Morgan fingerprint density at radius 3 is 2.46 bits per heavy atom. The maximum absolute atomic E-state index is 12.6. The van der Waals surface area contributed by atoms with Crippen LogP contribution >= 0.6 is 11.8 Å². The van der Waals surface area contributed by atoms with Crippen LogP contribution in [0.25, 0.3) is 0 Å². The van der Waals surface area contributed by atoms with Crippen LogP contribution in [0.5, 0.6) is 0 Å². The van der Waals surface area contributed by atoms with Gasteiger partial charge in [-0.25, -0.2) is 0 Å². The predicted molar refractivity (Wildman–Crippen MR) is 111 cm³/mol. The van der Waals surface area contributed by atoms with Crippen LogP contribution in [0.3, 0.4) is 0 Å². The summed E-state index contributed by atoms with van der Waals surface area (Å²) in [6.07, 6.45) is 0. The highest BCUT2D eigenvalue weighted by atomic mass is 32.2. The summed E-state index contributed by atoms with van der Waals surface area (Å²) in [5.74, 6) is 0.229. The first-order valence-corrected chi connectivity index (χ1v) is 10.4. The van der Waals surface area contributed by atoms with Gasteiger partial charge in [-0.1, -0.05) is 17.7 Å². The molecule has 0 aromatic heterocycles. The van der Waals surface area contributed by atoms with Crippen molar-refractivity contribution in [3.63, 3.8) is 0 Å². The highest BCUT2D eigenvalue weighted by Crippen LogP contribution is 2.21. The van der Waals surface area contributed by atoms with E-state index in [0.717, 1.165) is 27.3 Å². The SMILES string of the molecule is COC(=O)[C@H]1CN(C(=O)C[NH+](C)CC(=O)Nc2c(C)cc(C)cc2C)CCS1. The molecule has 1 fully saturated rings. The minimum absolute atomic E-state index is 0.0535. The molecule has 0 radical (unpaired) electrons. The summed E-state index contributed by atoms with van der Waals surface area (Å²) < 4.78 is 4.78. The first kappa shape index (κ1) is 22.2. The lowest BCUT2D eigenvalue weighted by Crippen LogP contribution is -3.11. The van der Waals surface area contributed by atoms with Gasteiger partial charge in [-0.15, -0.1) is 11.8 Å². The van der Waals surface area contributed by atoms with Gasteiger partial charge in [0.05, 0.1) is 14.2 Å². The molecule has 1 aliphatic rings. The Morgan fingerprint density at radius 1 is 1.21 bits per heavy atom. The number of quaternary nitrogens is 1. The van der Waals surface area contributed by atoms with E-state index in [0.29, 0.717) is 18.8 Å². The molecular weight excluding hydrogens is 378 g/mol. The Bertz CT molecular complexity index is 730. The predicted octanol–water partition coefficient (Wildman–Crippen LogP) is 0.182. The number of nitrogens with zero attached hydrogens (tertiary/aromatic N) is 1. The molecule has 1 aromatic rings. The minimum atomic E-state index is -0.334. The smallest absolute Gasteiger partial charge is 0.320 e. The molecule has 1 aliphatic heterocycles. The monoisotopic (exact) mass is 408 g/mol. The third-order valence-electron chi connectivity index (χ3n) is 4.74. The van der Waals surface area contributed by atoms with Crippen LogP contribution in [0.1, 0.15) is 16.7 Å². The Kier molecular flexibility index (Phi) is 7.88. The van der Waals surface area contributed by atoms with E-state index in [-0.39, 0.29) is 36.1 Å². The van der Waals surface area contributed by atoms with Gasteiger partial charge in [0.15, 0.2) is 13.1 Å². The summed E-state index contributed by atoms with van der Waals surface area (Å²) in [6.45, 7) is 7.34. The largest absolute Gasteiger partial charge is 0.468 e. The van der Waals surface area contributed by atoms with Crippen LogP contribution in [0, 0.1) is 20.8 Å². The fourth-order valence-corrected chi connectivity index (χ4v) is 4.55. The highest BCUT2D eigenvalue weighted by molar-refractivity contribution is 8.00. The van der Waals surface area contributed by atoms with E-state index in [9.17, 15) is 14.4 Å². The van der Waals surface area contributed by atoms with E-state index in [1.54, 1.807) is 4.90 Å².